The van der Waals surface area contributed by atoms with Gasteiger partial charge in [-0.2, -0.15) is 0 Å². The summed E-state index contributed by atoms with van der Waals surface area (Å²) in [5.41, 5.74) is -0.297. The summed E-state index contributed by atoms with van der Waals surface area (Å²) >= 11 is 0. The van der Waals surface area contributed by atoms with Gasteiger partial charge in [0.15, 0.2) is 5.78 Å². The maximum atomic E-state index is 13.2. The SMILES string of the molecule is CC(=O)CC(C)C(=O)c1cc(F)ccc1F. The fraction of sp³-hybridized carbons (Fsp3) is 0.333. The van der Waals surface area contributed by atoms with Crippen molar-refractivity contribution < 1.29 is 18.4 Å². The summed E-state index contributed by atoms with van der Waals surface area (Å²) in [7, 11) is 0. The average molecular weight is 226 g/mol. The Hall–Kier alpha value is -1.58. The molecule has 0 saturated heterocycles. The zero-order valence-electron chi connectivity index (χ0n) is 9.09. The molecule has 16 heavy (non-hydrogen) atoms. The molecule has 86 valence electrons. The van der Waals surface area contributed by atoms with Gasteiger partial charge in [0, 0.05) is 12.3 Å². The van der Waals surface area contributed by atoms with Crippen LogP contribution in [-0.2, 0) is 4.79 Å². The second-order valence-corrected chi connectivity index (χ2v) is 3.80. The van der Waals surface area contributed by atoms with Crippen molar-refractivity contribution >= 4 is 11.6 Å². The summed E-state index contributed by atoms with van der Waals surface area (Å²) in [6, 6.07) is 2.71. The minimum absolute atomic E-state index is 0.0365. The second-order valence-electron chi connectivity index (χ2n) is 3.80. The molecule has 2 nitrogen and oxygen atoms in total. The van der Waals surface area contributed by atoms with Crippen molar-refractivity contribution in [2.75, 3.05) is 0 Å². The molecule has 0 heterocycles. The quantitative estimate of drug-likeness (QED) is 0.740. The Morgan fingerprint density at radius 1 is 1.31 bits per heavy atom. The van der Waals surface area contributed by atoms with Crippen molar-refractivity contribution in [2.24, 2.45) is 5.92 Å². The van der Waals surface area contributed by atoms with E-state index in [1.807, 2.05) is 0 Å². The van der Waals surface area contributed by atoms with Crippen LogP contribution in [-0.4, -0.2) is 11.6 Å². The molecular weight excluding hydrogens is 214 g/mol. The Labute approximate surface area is 92.3 Å². The molecule has 1 aromatic carbocycles. The summed E-state index contributed by atoms with van der Waals surface area (Å²) in [5.74, 6) is -2.76. The van der Waals surface area contributed by atoms with E-state index < -0.39 is 23.3 Å². The van der Waals surface area contributed by atoms with E-state index in [-0.39, 0.29) is 17.8 Å². The molecular formula is C12H12F2O2. The number of carbonyl (C=O) groups excluding carboxylic acids is 2. The zero-order chi connectivity index (χ0) is 12.3. The molecule has 4 heteroatoms. The number of benzene rings is 1. The Kier molecular flexibility index (Phi) is 3.88. The maximum absolute atomic E-state index is 13.2. The largest absolute Gasteiger partial charge is 0.300 e. The van der Waals surface area contributed by atoms with Crippen LogP contribution < -0.4 is 0 Å². The average Bonchev–Trinajstić information content (AvgIpc) is 2.19. The smallest absolute Gasteiger partial charge is 0.169 e. The van der Waals surface area contributed by atoms with Gasteiger partial charge in [0.25, 0.3) is 0 Å². The van der Waals surface area contributed by atoms with E-state index in [0.717, 1.165) is 18.2 Å². The van der Waals surface area contributed by atoms with Crippen molar-refractivity contribution in [1.82, 2.24) is 0 Å². The highest BCUT2D eigenvalue weighted by Crippen LogP contribution is 2.16. The molecule has 0 radical (unpaired) electrons. The van der Waals surface area contributed by atoms with Gasteiger partial charge in [-0.3, -0.25) is 4.79 Å². The van der Waals surface area contributed by atoms with Crippen LogP contribution in [0.15, 0.2) is 18.2 Å². The van der Waals surface area contributed by atoms with Gasteiger partial charge in [0.05, 0.1) is 5.56 Å². The standard InChI is InChI=1S/C12H12F2O2/c1-7(5-8(2)15)12(16)10-6-9(13)3-4-11(10)14/h3-4,6-7H,5H2,1-2H3. The van der Waals surface area contributed by atoms with Gasteiger partial charge in [-0.1, -0.05) is 6.92 Å². The lowest BCUT2D eigenvalue weighted by atomic mass is 9.94. The van der Waals surface area contributed by atoms with Crippen molar-refractivity contribution in [2.45, 2.75) is 20.3 Å². The Balaban J connectivity index is 2.95. The van der Waals surface area contributed by atoms with Gasteiger partial charge in [-0.15, -0.1) is 0 Å². The first-order chi connectivity index (χ1) is 7.41. The minimum atomic E-state index is -0.762. The van der Waals surface area contributed by atoms with Gasteiger partial charge in [-0.05, 0) is 25.1 Å². The predicted molar refractivity (Wildman–Crippen MR) is 55.2 cm³/mol. The molecule has 0 spiro atoms. The molecule has 0 aliphatic heterocycles. The van der Waals surface area contributed by atoms with Crippen LogP contribution in [0.3, 0.4) is 0 Å². The van der Waals surface area contributed by atoms with Crippen LogP contribution in [0.1, 0.15) is 30.6 Å². The van der Waals surface area contributed by atoms with Crippen LogP contribution in [0.5, 0.6) is 0 Å². The summed E-state index contributed by atoms with van der Waals surface area (Å²) in [4.78, 5) is 22.5. The number of hydrogen-bond acceptors (Lipinski definition) is 2. The lowest BCUT2D eigenvalue weighted by Gasteiger charge is -2.09. The fourth-order valence-electron chi connectivity index (χ4n) is 1.48. The van der Waals surface area contributed by atoms with Crippen molar-refractivity contribution in [3.05, 3.63) is 35.4 Å². The summed E-state index contributed by atoms with van der Waals surface area (Å²) in [5, 5.41) is 0. The van der Waals surface area contributed by atoms with Crippen molar-refractivity contribution in [3.63, 3.8) is 0 Å². The molecule has 1 aromatic rings. The third-order valence-corrected chi connectivity index (χ3v) is 2.24. The number of carbonyl (C=O) groups is 2. The lowest BCUT2D eigenvalue weighted by molar-refractivity contribution is -0.117. The highest BCUT2D eigenvalue weighted by molar-refractivity contribution is 5.99. The van der Waals surface area contributed by atoms with E-state index in [4.69, 9.17) is 0 Å². The third kappa shape index (κ3) is 2.95. The lowest BCUT2D eigenvalue weighted by Crippen LogP contribution is -2.16. The number of hydrogen-bond donors (Lipinski definition) is 0. The maximum Gasteiger partial charge on any atom is 0.169 e. The Morgan fingerprint density at radius 3 is 2.50 bits per heavy atom. The van der Waals surface area contributed by atoms with Crippen LogP contribution in [0.25, 0.3) is 0 Å². The van der Waals surface area contributed by atoms with Gasteiger partial charge >= 0.3 is 0 Å². The molecule has 0 aliphatic carbocycles. The molecule has 1 atom stereocenters. The predicted octanol–water partition coefficient (Wildman–Crippen LogP) is 2.76. The van der Waals surface area contributed by atoms with E-state index >= 15 is 0 Å². The number of rotatable bonds is 4. The van der Waals surface area contributed by atoms with Gasteiger partial charge in [0.2, 0.25) is 0 Å². The first-order valence-corrected chi connectivity index (χ1v) is 4.90. The first-order valence-electron chi connectivity index (χ1n) is 4.90. The summed E-state index contributed by atoms with van der Waals surface area (Å²) in [6.45, 7) is 2.87. The van der Waals surface area contributed by atoms with E-state index in [0.29, 0.717) is 0 Å². The second kappa shape index (κ2) is 4.96. The highest BCUT2D eigenvalue weighted by atomic mass is 19.1. The highest BCUT2D eigenvalue weighted by Gasteiger charge is 2.20. The minimum Gasteiger partial charge on any atom is -0.300 e. The van der Waals surface area contributed by atoms with Crippen LogP contribution >= 0.6 is 0 Å². The molecule has 0 bridgehead atoms. The molecule has 0 aliphatic rings. The van der Waals surface area contributed by atoms with E-state index in [1.54, 1.807) is 0 Å². The van der Waals surface area contributed by atoms with E-state index in [2.05, 4.69) is 0 Å². The topological polar surface area (TPSA) is 34.1 Å². The summed E-state index contributed by atoms with van der Waals surface area (Å²) in [6.07, 6.45) is 0.0365. The molecule has 0 N–H and O–H groups in total. The fourth-order valence-corrected chi connectivity index (χ4v) is 1.48. The van der Waals surface area contributed by atoms with Crippen molar-refractivity contribution in [1.29, 1.82) is 0 Å². The Morgan fingerprint density at radius 2 is 1.94 bits per heavy atom. The zero-order valence-corrected chi connectivity index (χ0v) is 9.09. The van der Waals surface area contributed by atoms with E-state index in [1.165, 1.54) is 13.8 Å². The van der Waals surface area contributed by atoms with Crippen molar-refractivity contribution in [3.8, 4) is 0 Å². The van der Waals surface area contributed by atoms with Crippen LogP contribution in [0, 0.1) is 17.6 Å². The van der Waals surface area contributed by atoms with Gasteiger partial charge < -0.3 is 4.79 Å². The monoisotopic (exact) mass is 226 g/mol. The normalized spacial score (nSPS) is 12.2. The Bertz CT molecular complexity index is 427. The number of ketones is 2. The molecule has 1 rings (SSSR count). The molecule has 1 unspecified atom stereocenters. The van der Waals surface area contributed by atoms with Crippen LogP contribution in [0.2, 0.25) is 0 Å². The van der Waals surface area contributed by atoms with E-state index in [9.17, 15) is 18.4 Å². The number of Topliss-reactive ketones (excluding diaryl/α,β-unsaturated/α-hetero) is 2. The molecule has 0 fully saturated rings. The molecule has 0 saturated carbocycles. The molecule has 0 amide bonds. The molecule has 0 aromatic heterocycles. The third-order valence-electron chi connectivity index (χ3n) is 2.24. The number of halogens is 2. The summed E-state index contributed by atoms with van der Waals surface area (Å²) < 4.78 is 26.1. The van der Waals surface area contributed by atoms with Gasteiger partial charge in [0.1, 0.15) is 17.4 Å². The first kappa shape index (κ1) is 12.5. The van der Waals surface area contributed by atoms with Crippen LogP contribution in [0.4, 0.5) is 8.78 Å². The van der Waals surface area contributed by atoms with Gasteiger partial charge in [-0.25, -0.2) is 8.78 Å².